The number of nitrogens with zero attached hydrogens (tertiary/aromatic N) is 4. The third-order valence-electron chi connectivity index (χ3n) is 4.88. The second-order valence-electron chi connectivity index (χ2n) is 6.71. The van der Waals surface area contributed by atoms with Crippen LogP contribution in [0.15, 0.2) is 43.0 Å². The van der Waals surface area contributed by atoms with Gasteiger partial charge in [0.25, 0.3) is 0 Å². The minimum atomic E-state index is -3.39. The first-order chi connectivity index (χ1) is 13.2. The largest absolute Gasteiger partial charge is 0.387 e. The van der Waals surface area contributed by atoms with Gasteiger partial charge in [-0.25, -0.2) is 15.0 Å². The van der Waals surface area contributed by atoms with Crippen LogP contribution in [0, 0.1) is 0 Å². The molecule has 0 radical (unpaired) electrons. The van der Waals surface area contributed by atoms with Crippen LogP contribution in [-0.4, -0.2) is 69.3 Å². The van der Waals surface area contributed by atoms with E-state index in [1.807, 2.05) is 0 Å². The Balaban J connectivity index is 1.91. The first-order valence-corrected chi connectivity index (χ1v) is 8.43. The number of fused-ring (bicyclic) bond motifs is 1. The van der Waals surface area contributed by atoms with E-state index in [1.54, 1.807) is 30.3 Å². The van der Waals surface area contributed by atoms with E-state index in [0.29, 0.717) is 5.56 Å². The van der Waals surface area contributed by atoms with Gasteiger partial charge in [0, 0.05) is 6.42 Å². The second kappa shape index (κ2) is 6.44. The van der Waals surface area contributed by atoms with Gasteiger partial charge >= 0.3 is 5.97 Å². The number of imidazole rings is 1. The zero-order valence-electron chi connectivity index (χ0n) is 14.5. The van der Waals surface area contributed by atoms with Crippen molar-refractivity contribution in [2.45, 2.75) is 36.4 Å². The molecule has 2 aromatic heterocycles. The van der Waals surface area contributed by atoms with Crippen LogP contribution >= 0.6 is 0 Å². The summed E-state index contributed by atoms with van der Waals surface area (Å²) in [7, 11) is 0. The fraction of sp³-hybridized carbons (Fsp3) is 0.353. The Morgan fingerprint density at radius 2 is 1.82 bits per heavy atom. The number of aliphatic hydroxyl groups excluding tert-OH is 2. The molecule has 1 fully saturated rings. The predicted octanol–water partition coefficient (Wildman–Crippen LogP) is -1.94. The smallest absolute Gasteiger partial charge is 0.306 e. The highest BCUT2D eigenvalue weighted by Crippen LogP contribution is 2.42. The van der Waals surface area contributed by atoms with Crippen LogP contribution < -0.4 is 5.73 Å². The number of aromatic nitrogens is 4. The average molecular weight is 389 g/mol. The Bertz CT molecular complexity index is 991. The molecule has 7 N–H and O–H groups in total. The van der Waals surface area contributed by atoms with Gasteiger partial charge in [-0.2, -0.15) is 0 Å². The first kappa shape index (κ1) is 18.7. The van der Waals surface area contributed by atoms with Crippen molar-refractivity contribution < 1.29 is 30.3 Å². The van der Waals surface area contributed by atoms with Gasteiger partial charge in [0.15, 0.2) is 23.3 Å². The zero-order chi connectivity index (χ0) is 20.1. The number of hydrogen-bond acceptors (Lipinski definition) is 10. The highest BCUT2D eigenvalue weighted by molar-refractivity contribution is 5.81. The molecule has 1 aromatic carbocycles. The number of hydrogen-bond donors (Lipinski definition) is 6. The zero-order valence-corrected chi connectivity index (χ0v) is 14.5. The van der Waals surface area contributed by atoms with Crippen LogP contribution in [0.5, 0.6) is 0 Å². The van der Waals surface area contributed by atoms with Crippen molar-refractivity contribution in [1.29, 1.82) is 0 Å². The fourth-order valence-corrected chi connectivity index (χ4v) is 3.55. The SMILES string of the molecule is Nc1ncnc2c1ncn2[C@]1(Cc2ccccc2)O[C@H](C(O)(O)O)[C@@H](O)[C@H]1O. The maximum atomic E-state index is 10.9. The summed E-state index contributed by atoms with van der Waals surface area (Å²) in [4.78, 5) is 12.1. The van der Waals surface area contributed by atoms with Crippen molar-refractivity contribution >= 4 is 17.0 Å². The molecule has 1 saturated heterocycles. The topological polar surface area (TPSA) is 180 Å². The van der Waals surface area contributed by atoms with Gasteiger partial charge in [-0.3, -0.25) is 4.57 Å². The lowest BCUT2D eigenvalue weighted by Gasteiger charge is -2.34. The van der Waals surface area contributed by atoms with Crippen LogP contribution in [-0.2, 0) is 16.9 Å². The number of nitrogens with two attached hydrogens (primary N) is 1. The minimum Gasteiger partial charge on any atom is -0.387 e. The van der Waals surface area contributed by atoms with Crippen molar-refractivity contribution in [3.8, 4) is 0 Å². The molecule has 28 heavy (non-hydrogen) atoms. The van der Waals surface area contributed by atoms with E-state index >= 15 is 0 Å². The molecule has 0 amide bonds. The number of anilines is 1. The predicted molar refractivity (Wildman–Crippen MR) is 94.1 cm³/mol. The molecule has 11 nitrogen and oxygen atoms in total. The van der Waals surface area contributed by atoms with Crippen molar-refractivity contribution in [3.63, 3.8) is 0 Å². The molecule has 1 aliphatic rings. The molecule has 0 bridgehead atoms. The summed E-state index contributed by atoms with van der Waals surface area (Å²) in [5.41, 5.74) is 5.21. The van der Waals surface area contributed by atoms with Gasteiger partial charge in [-0.15, -0.1) is 0 Å². The third-order valence-corrected chi connectivity index (χ3v) is 4.88. The lowest BCUT2D eigenvalue weighted by Crippen LogP contribution is -2.49. The summed E-state index contributed by atoms with van der Waals surface area (Å²) in [5.74, 6) is -3.28. The number of benzene rings is 1. The summed E-state index contributed by atoms with van der Waals surface area (Å²) < 4.78 is 7.05. The number of ether oxygens (including phenoxy) is 1. The molecule has 4 rings (SSSR count). The number of aliphatic hydroxyl groups is 5. The van der Waals surface area contributed by atoms with E-state index in [0.717, 1.165) is 0 Å². The highest BCUT2D eigenvalue weighted by atomic mass is 16.7. The number of nitrogen functional groups attached to an aromatic ring is 1. The summed E-state index contributed by atoms with van der Waals surface area (Å²) in [6.45, 7) is 0. The molecule has 148 valence electrons. The van der Waals surface area contributed by atoms with Crippen LogP contribution in [0.3, 0.4) is 0 Å². The van der Waals surface area contributed by atoms with Crippen molar-refractivity contribution in [3.05, 3.63) is 48.5 Å². The Kier molecular flexibility index (Phi) is 4.30. The van der Waals surface area contributed by atoms with Gasteiger partial charge < -0.3 is 36.0 Å². The average Bonchev–Trinajstić information content (AvgIpc) is 3.19. The van der Waals surface area contributed by atoms with Crippen LogP contribution in [0.1, 0.15) is 5.56 Å². The van der Waals surface area contributed by atoms with E-state index in [1.165, 1.54) is 17.2 Å². The van der Waals surface area contributed by atoms with E-state index in [9.17, 15) is 25.5 Å². The van der Waals surface area contributed by atoms with Crippen molar-refractivity contribution in [1.82, 2.24) is 19.5 Å². The fourth-order valence-electron chi connectivity index (χ4n) is 3.55. The lowest BCUT2D eigenvalue weighted by atomic mass is 9.94. The van der Waals surface area contributed by atoms with Gasteiger partial charge in [0.1, 0.15) is 24.1 Å². The normalized spacial score (nSPS) is 28.1. The van der Waals surface area contributed by atoms with Gasteiger partial charge in [0.2, 0.25) is 0 Å². The first-order valence-electron chi connectivity index (χ1n) is 8.43. The molecule has 3 aromatic rings. The monoisotopic (exact) mass is 389 g/mol. The minimum absolute atomic E-state index is 0.00594. The molecule has 4 atom stereocenters. The van der Waals surface area contributed by atoms with Crippen molar-refractivity contribution in [2.24, 2.45) is 0 Å². The van der Waals surface area contributed by atoms with Crippen LogP contribution in [0.25, 0.3) is 11.2 Å². The Morgan fingerprint density at radius 1 is 1.11 bits per heavy atom. The standard InChI is InChI=1S/C17H19N5O6/c18-14-10-15(20-7-19-14)22(8-21-10)16(6-9-4-2-1-3-5-9)12(24)11(23)13(28-16)17(25,26)27/h1-5,7-8,11-13,23-27H,6H2,(H2,18,19,20)/t11-,12+,13-,16+/m0/s1. The molecule has 0 unspecified atom stereocenters. The Morgan fingerprint density at radius 3 is 2.46 bits per heavy atom. The molecule has 0 aliphatic carbocycles. The van der Waals surface area contributed by atoms with E-state index < -0.39 is 30.0 Å². The molecule has 0 saturated carbocycles. The Labute approximate surface area is 158 Å². The van der Waals surface area contributed by atoms with Gasteiger partial charge in [-0.05, 0) is 5.56 Å². The van der Waals surface area contributed by atoms with Crippen LogP contribution in [0.2, 0.25) is 0 Å². The van der Waals surface area contributed by atoms with Gasteiger partial charge in [-0.1, -0.05) is 30.3 Å². The van der Waals surface area contributed by atoms with E-state index in [4.69, 9.17) is 10.5 Å². The molecule has 3 heterocycles. The van der Waals surface area contributed by atoms with E-state index in [-0.39, 0.29) is 23.4 Å². The summed E-state index contributed by atoms with van der Waals surface area (Å²) in [6.07, 6.45) is -2.91. The molecule has 11 heteroatoms. The highest BCUT2D eigenvalue weighted by Gasteiger charge is 2.61. The third kappa shape index (κ3) is 2.81. The Hall–Kier alpha value is -2.67. The second-order valence-corrected chi connectivity index (χ2v) is 6.71. The molecular formula is C17H19N5O6. The number of rotatable bonds is 4. The molecule has 0 spiro atoms. The molecular weight excluding hydrogens is 370 g/mol. The summed E-state index contributed by atoms with van der Waals surface area (Å²) in [6, 6.07) is 8.90. The maximum Gasteiger partial charge on any atom is 0.306 e. The lowest BCUT2D eigenvalue weighted by molar-refractivity contribution is -0.374. The van der Waals surface area contributed by atoms with Crippen LogP contribution in [0.4, 0.5) is 5.82 Å². The van der Waals surface area contributed by atoms with Crippen molar-refractivity contribution in [2.75, 3.05) is 5.73 Å². The van der Waals surface area contributed by atoms with E-state index in [2.05, 4.69) is 15.0 Å². The molecule has 1 aliphatic heterocycles. The van der Waals surface area contributed by atoms with Gasteiger partial charge in [0.05, 0.1) is 6.33 Å². The summed E-state index contributed by atoms with van der Waals surface area (Å²) in [5, 5.41) is 50.1. The quantitative estimate of drug-likeness (QED) is 0.275. The maximum absolute atomic E-state index is 10.9. The summed E-state index contributed by atoms with van der Waals surface area (Å²) >= 11 is 0.